The van der Waals surface area contributed by atoms with Crippen LogP contribution in [0.15, 0.2) is 42.5 Å². The molecule has 0 heterocycles. The number of carbonyl (C=O) groups excluding carboxylic acids is 2. The lowest BCUT2D eigenvalue weighted by molar-refractivity contribution is -0.297. The summed E-state index contributed by atoms with van der Waals surface area (Å²) >= 11 is 0. The summed E-state index contributed by atoms with van der Waals surface area (Å²) in [5, 5.41) is 15.3. The van der Waals surface area contributed by atoms with E-state index in [1.807, 2.05) is 57.2 Å². The van der Waals surface area contributed by atoms with Crippen molar-refractivity contribution in [3.8, 4) is 5.75 Å². The highest BCUT2D eigenvalue weighted by Gasteiger charge is 2.39. The monoisotopic (exact) mass is 532 g/mol. The average Bonchev–Trinajstić information content (AvgIpc) is 2.87. The van der Waals surface area contributed by atoms with Gasteiger partial charge in [-0.05, 0) is 80.6 Å². The molecule has 0 aliphatic rings. The van der Waals surface area contributed by atoms with Crippen LogP contribution in [0.5, 0.6) is 5.75 Å². The SMILES string of the molecule is CCO[Si](CCCNC(=O)OCCCCOc1ccc2cc(/C=C/C(=O)[O-])ccc2c1)(OCC)OCC. The lowest BCUT2D eigenvalue weighted by Gasteiger charge is -2.28. The Labute approximate surface area is 220 Å². The number of amides is 1. The van der Waals surface area contributed by atoms with Crippen molar-refractivity contribution in [1.82, 2.24) is 5.32 Å². The summed E-state index contributed by atoms with van der Waals surface area (Å²) in [6.45, 7) is 8.61. The highest BCUT2D eigenvalue weighted by molar-refractivity contribution is 6.60. The number of aliphatic carboxylic acids is 1. The summed E-state index contributed by atoms with van der Waals surface area (Å²) in [4.78, 5) is 22.5. The van der Waals surface area contributed by atoms with Crippen LogP contribution in [0, 0.1) is 0 Å². The van der Waals surface area contributed by atoms with E-state index in [1.54, 1.807) is 0 Å². The zero-order chi connectivity index (χ0) is 26.9. The van der Waals surface area contributed by atoms with Crippen molar-refractivity contribution < 1.29 is 37.4 Å². The number of hydrogen-bond acceptors (Lipinski definition) is 8. The van der Waals surface area contributed by atoms with Gasteiger partial charge < -0.3 is 38.0 Å². The first kappa shape index (κ1) is 30.3. The first-order valence-electron chi connectivity index (χ1n) is 12.8. The summed E-state index contributed by atoms with van der Waals surface area (Å²) in [6.07, 6.45) is 4.17. The van der Waals surface area contributed by atoms with E-state index in [4.69, 9.17) is 22.8 Å². The summed E-state index contributed by atoms with van der Waals surface area (Å²) in [6, 6.07) is 12.0. The molecule has 1 amide bonds. The van der Waals surface area contributed by atoms with E-state index >= 15 is 0 Å². The number of fused-ring (bicyclic) bond motifs is 1. The largest absolute Gasteiger partial charge is 0.545 e. The molecule has 2 aromatic rings. The van der Waals surface area contributed by atoms with Gasteiger partial charge in [0.2, 0.25) is 0 Å². The van der Waals surface area contributed by atoms with Crippen LogP contribution in [-0.4, -0.2) is 60.4 Å². The van der Waals surface area contributed by atoms with Crippen molar-refractivity contribution in [2.75, 3.05) is 39.6 Å². The van der Waals surface area contributed by atoms with Crippen LogP contribution in [-0.2, 0) is 22.8 Å². The molecule has 204 valence electrons. The predicted octanol–water partition coefficient (Wildman–Crippen LogP) is 3.93. The smallest absolute Gasteiger partial charge is 0.500 e. The molecule has 0 unspecified atom stereocenters. The third kappa shape index (κ3) is 11.3. The molecule has 0 aromatic heterocycles. The Bertz CT molecular complexity index is 996. The van der Waals surface area contributed by atoms with Crippen molar-refractivity contribution >= 4 is 37.7 Å². The minimum Gasteiger partial charge on any atom is -0.545 e. The van der Waals surface area contributed by atoms with Gasteiger partial charge in [-0.1, -0.05) is 24.3 Å². The van der Waals surface area contributed by atoms with Gasteiger partial charge in [-0.2, -0.15) is 0 Å². The Morgan fingerprint density at radius 1 is 0.892 bits per heavy atom. The van der Waals surface area contributed by atoms with Crippen LogP contribution in [0.2, 0.25) is 6.04 Å². The summed E-state index contributed by atoms with van der Waals surface area (Å²) in [5.41, 5.74) is 0.783. The molecular weight excluding hydrogens is 494 g/mol. The van der Waals surface area contributed by atoms with Crippen LogP contribution < -0.4 is 15.2 Å². The quantitative estimate of drug-likeness (QED) is 0.174. The fourth-order valence-electron chi connectivity index (χ4n) is 3.71. The maximum Gasteiger partial charge on any atom is 0.500 e. The van der Waals surface area contributed by atoms with Crippen molar-refractivity contribution in [2.24, 2.45) is 0 Å². The number of unbranched alkanes of at least 4 members (excludes halogenated alkanes) is 1. The first-order valence-corrected chi connectivity index (χ1v) is 14.7. The van der Waals surface area contributed by atoms with E-state index in [1.165, 1.54) is 6.08 Å². The number of carboxylic acid groups (broad SMARTS) is 1. The molecule has 1 N–H and O–H groups in total. The second kappa shape index (κ2) is 16.7. The molecule has 37 heavy (non-hydrogen) atoms. The Balaban J connectivity index is 1.63. The number of carboxylic acids is 1. The molecule has 0 radical (unpaired) electrons. The minimum absolute atomic E-state index is 0.310. The molecule has 10 heteroatoms. The van der Waals surface area contributed by atoms with Crippen LogP contribution in [0.25, 0.3) is 16.8 Å². The zero-order valence-electron chi connectivity index (χ0n) is 22.0. The summed E-state index contributed by atoms with van der Waals surface area (Å²) in [5.74, 6) is -0.480. The topological polar surface area (TPSA) is 115 Å². The predicted molar refractivity (Wildman–Crippen MR) is 142 cm³/mol. The molecule has 0 bridgehead atoms. The fraction of sp³-hybridized carbons (Fsp3) is 0.481. The van der Waals surface area contributed by atoms with E-state index in [9.17, 15) is 14.7 Å². The highest BCUT2D eigenvalue weighted by atomic mass is 28.4. The highest BCUT2D eigenvalue weighted by Crippen LogP contribution is 2.23. The maximum absolute atomic E-state index is 11.9. The minimum atomic E-state index is -2.69. The van der Waals surface area contributed by atoms with E-state index < -0.39 is 20.9 Å². The van der Waals surface area contributed by atoms with E-state index in [0.29, 0.717) is 58.5 Å². The van der Waals surface area contributed by atoms with Crippen LogP contribution in [0.3, 0.4) is 0 Å². The van der Waals surface area contributed by atoms with Gasteiger partial charge in [-0.25, -0.2) is 4.79 Å². The molecule has 0 atom stereocenters. The first-order chi connectivity index (χ1) is 17.9. The van der Waals surface area contributed by atoms with E-state index in [-0.39, 0.29) is 0 Å². The van der Waals surface area contributed by atoms with Gasteiger partial charge in [-0.3, -0.25) is 0 Å². The Kier molecular flexibility index (Phi) is 13.7. The van der Waals surface area contributed by atoms with Gasteiger partial charge in [0.05, 0.1) is 19.2 Å². The van der Waals surface area contributed by atoms with Crippen LogP contribution >= 0.6 is 0 Å². The third-order valence-electron chi connectivity index (χ3n) is 5.31. The van der Waals surface area contributed by atoms with Gasteiger partial charge in [0.1, 0.15) is 5.75 Å². The standard InChI is InChI=1S/C27H39NO8Si/c1-4-34-37(35-5-2,36-6-3)19-9-16-28-27(31)33-18-8-7-17-32-25-14-13-23-20-22(11-15-26(29)30)10-12-24(23)21-25/h10-15,20-21H,4-9,16-19H2,1-3H3,(H,28,31)(H,29,30)/p-1/b15-11+. The van der Waals surface area contributed by atoms with Gasteiger partial charge in [0.25, 0.3) is 0 Å². The van der Waals surface area contributed by atoms with Gasteiger partial charge in [0.15, 0.2) is 0 Å². The lowest BCUT2D eigenvalue weighted by atomic mass is 10.1. The third-order valence-corrected chi connectivity index (χ3v) is 8.46. The second-order valence-electron chi connectivity index (χ2n) is 8.12. The van der Waals surface area contributed by atoms with E-state index in [2.05, 4.69) is 5.32 Å². The van der Waals surface area contributed by atoms with Crippen molar-refractivity contribution in [3.05, 3.63) is 48.0 Å². The molecule has 0 spiro atoms. The summed E-state index contributed by atoms with van der Waals surface area (Å²) in [7, 11) is -2.69. The number of rotatable bonds is 18. The molecule has 0 aliphatic carbocycles. The number of carbonyl (C=O) groups is 2. The summed E-state index contributed by atoms with van der Waals surface area (Å²) < 4.78 is 28.5. The molecule has 0 aliphatic heterocycles. The normalized spacial score (nSPS) is 11.6. The fourth-order valence-corrected chi connectivity index (χ4v) is 6.32. The number of hydrogen-bond donors (Lipinski definition) is 1. The van der Waals surface area contributed by atoms with Gasteiger partial charge in [-0.15, -0.1) is 0 Å². The number of benzene rings is 2. The average molecular weight is 533 g/mol. The Morgan fingerprint density at radius 3 is 2.22 bits per heavy atom. The molecule has 0 saturated carbocycles. The van der Waals surface area contributed by atoms with Crippen molar-refractivity contribution in [3.63, 3.8) is 0 Å². The van der Waals surface area contributed by atoms with E-state index in [0.717, 1.165) is 34.6 Å². The Morgan fingerprint density at radius 2 is 1.54 bits per heavy atom. The molecular formula is C27H38NO8Si-. The zero-order valence-corrected chi connectivity index (χ0v) is 23.0. The van der Waals surface area contributed by atoms with Gasteiger partial charge in [0, 0.05) is 32.4 Å². The maximum atomic E-state index is 11.9. The number of alkyl carbamates (subject to hydrolysis) is 1. The molecule has 2 rings (SSSR count). The molecule has 2 aromatic carbocycles. The second-order valence-corrected chi connectivity index (χ2v) is 10.9. The van der Waals surface area contributed by atoms with Crippen LogP contribution in [0.1, 0.15) is 45.6 Å². The number of ether oxygens (including phenoxy) is 2. The van der Waals surface area contributed by atoms with Gasteiger partial charge >= 0.3 is 14.9 Å². The lowest BCUT2D eigenvalue weighted by Crippen LogP contribution is -2.46. The molecule has 9 nitrogen and oxygen atoms in total. The molecule has 0 saturated heterocycles. The van der Waals surface area contributed by atoms with Crippen LogP contribution in [0.4, 0.5) is 4.79 Å². The van der Waals surface area contributed by atoms with Crippen molar-refractivity contribution in [1.29, 1.82) is 0 Å². The Hall–Kier alpha value is -2.92. The molecule has 0 fully saturated rings. The number of nitrogens with one attached hydrogen (secondary N) is 1. The van der Waals surface area contributed by atoms with Crippen molar-refractivity contribution in [2.45, 2.75) is 46.1 Å².